The first kappa shape index (κ1) is 56.5. The number of carbonyl (C=O) groups excluding carboxylic acids is 1. The van der Waals surface area contributed by atoms with Gasteiger partial charge in [0.25, 0.3) is 0 Å². The largest absolute Gasteiger partial charge is 0.478 e. The SMILES string of the molecule is C=NC.CC(=O)NN=C(C)C.CCCC(C)=CC(=O)O.CCCSSCC.CCSSC(C)(C)CC.CCSSC(C)CC. The summed E-state index contributed by atoms with van der Waals surface area (Å²) in [5.41, 5.74) is 4.08. The minimum Gasteiger partial charge on any atom is -0.478 e. The Bertz CT molecular complexity index is 672. The molecule has 266 valence electrons. The van der Waals surface area contributed by atoms with Crippen LogP contribution in [0.4, 0.5) is 0 Å². The summed E-state index contributed by atoms with van der Waals surface area (Å²) in [6, 6.07) is 0. The minimum atomic E-state index is -0.846. The normalized spacial score (nSPS) is 10.6. The number of hydrazone groups is 1. The average Bonchev–Trinajstić information content (AvgIpc) is 2.95. The molecule has 6 nitrogen and oxygen atoms in total. The predicted molar refractivity (Wildman–Crippen MR) is 221 cm³/mol. The van der Waals surface area contributed by atoms with E-state index in [1.807, 2.05) is 92.5 Å². The zero-order valence-electron chi connectivity index (χ0n) is 30.8. The van der Waals surface area contributed by atoms with E-state index >= 15 is 0 Å². The van der Waals surface area contributed by atoms with Crippen LogP contribution >= 0.6 is 64.8 Å². The van der Waals surface area contributed by atoms with Crippen molar-refractivity contribution in [1.29, 1.82) is 0 Å². The van der Waals surface area contributed by atoms with Gasteiger partial charge in [-0.1, -0.05) is 132 Å². The smallest absolute Gasteiger partial charge is 0.328 e. The van der Waals surface area contributed by atoms with Crippen LogP contribution in [-0.2, 0) is 9.59 Å². The number of carbonyl (C=O) groups is 2. The molecule has 0 radical (unpaired) electrons. The summed E-state index contributed by atoms with van der Waals surface area (Å²) in [6.45, 7) is 32.1. The number of amides is 1. The van der Waals surface area contributed by atoms with E-state index in [4.69, 9.17) is 5.11 Å². The predicted octanol–water partition coefficient (Wildman–Crippen LogP) is 12.2. The molecule has 0 aromatic heterocycles. The highest BCUT2D eigenvalue weighted by atomic mass is 33.1. The molecule has 0 heterocycles. The maximum Gasteiger partial charge on any atom is 0.328 e. The number of carboxylic acid groups (broad SMARTS) is 1. The van der Waals surface area contributed by atoms with Gasteiger partial charge in [0.1, 0.15) is 0 Å². The Balaban J connectivity index is -0.000000100. The fourth-order valence-electron chi connectivity index (χ4n) is 1.62. The van der Waals surface area contributed by atoms with Crippen LogP contribution < -0.4 is 5.43 Å². The van der Waals surface area contributed by atoms with Crippen molar-refractivity contribution < 1.29 is 14.7 Å². The molecule has 1 amide bonds. The van der Waals surface area contributed by atoms with Crippen LogP contribution in [0.3, 0.4) is 0 Å². The van der Waals surface area contributed by atoms with E-state index in [-0.39, 0.29) is 5.91 Å². The van der Waals surface area contributed by atoms with E-state index in [2.05, 4.69) is 84.6 Å². The molecule has 1 unspecified atom stereocenters. The van der Waals surface area contributed by atoms with E-state index in [1.165, 1.54) is 55.3 Å². The van der Waals surface area contributed by atoms with Gasteiger partial charge in [0.2, 0.25) is 5.91 Å². The van der Waals surface area contributed by atoms with Gasteiger partial charge in [-0.2, -0.15) is 5.10 Å². The van der Waals surface area contributed by atoms with Crippen molar-refractivity contribution in [3.05, 3.63) is 11.6 Å². The van der Waals surface area contributed by atoms with Crippen molar-refractivity contribution in [2.45, 2.75) is 139 Å². The van der Waals surface area contributed by atoms with Crippen LogP contribution in [0, 0.1) is 0 Å². The Morgan fingerprint density at radius 3 is 1.68 bits per heavy atom. The third-order valence-corrected chi connectivity index (χ3v) is 13.4. The van der Waals surface area contributed by atoms with Crippen LogP contribution in [0.1, 0.15) is 129 Å². The number of hydrogen-bond donors (Lipinski definition) is 2. The van der Waals surface area contributed by atoms with Gasteiger partial charge in [0.15, 0.2) is 0 Å². The molecule has 0 aromatic rings. The third kappa shape index (κ3) is 78.5. The molecule has 0 spiro atoms. The van der Waals surface area contributed by atoms with Crippen molar-refractivity contribution in [3.8, 4) is 0 Å². The summed E-state index contributed by atoms with van der Waals surface area (Å²) < 4.78 is 0.473. The summed E-state index contributed by atoms with van der Waals surface area (Å²) >= 11 is 0. The average molecular weight is 736 g/mol. The lowest BCUT2D eigenvalue weighted by Gasteiger charge is -2.19. The molecule has 12 heteroatoms. The quantitative estimate of drug-likeness (QED) is 0.0528. The zero-order chi connectivity index (χ0) is 35.8. The monoisotopic (exact) mass is 735 g/mol. The second kappa shape index (κ2) is 47.5. The summed E-state index contributed by atoms with van der Waals surface area (Å²) in [7, 11) is 13.5. The molecule has 0 aliphatic carbocycles. The molecule has 0 aliphatic rings. The van der Waals surface area contributed by atoms with E-state index < -0.39 is 5.97 Å². The topological polar surface area (TPSA) is 91.1 Å². The molecular formula is C32H69N3O3S6. The molecular weight excluding hydrogens is 667 g/mol. The maximum absolute atomic E-state index is 10.1. The van der Waals surface area contributed by atoms with Crippen molar-refractivity contribution in [2.24, 2.45) is 10.1 Å². The van der Waals surface area contributed by atoms with Crippen molar-refractivity contribution in [2.75, 3.05) is 30.1 Å². The van der Waals surface area contributed by atoms with Gasteiger partial charge in [-0.05, 0) is 67.0 Å². The van der Waals surface area contributed by atoms with Crippen LogP contribution in [0.25, 0.3) is 0 Å². The molecule has 0 aliphatic heterocycles. The summed E-state index contributed by atoms with van der Waals surface area (Å²) in [4.78, 5) is 23.4. The molecule has 0 saturated carbocycles. The maximum atomic E-state index is 10.1. The lowest BCUT2D eigenvalue weighted by molar-refractivity contribution is -0.131. The van der Waals surface area contributed by atoms with E-state index in [9.17, 15) is 9.59 Å². The number of aliphatic imine (C=N–C) groups is 1. The summed E-state index contributed by atoms with van der Waals surface area (Å²) in [5, 5.41) is 12.7. The number of hydrogen-bond acceptors (Lipinski definition) is 10. The Hall–Kier alpha value is 0.120. The fraction of sp³-hybridized carbons (Fsp3) is 0.812. The lowest BCUT2D eigenvalue weighted by atomic mass is 10.1. The molecule has 0 saturated heterocycles. The van der Waals surface area contributed by atoms with Gasteiger partial charge in [0.05, 0.1) is 0 Å². The highest BCUT2D eigenvalue weighted by molar-refractivity contribution is 8.77. The van der Waals surface area contributed by atoms with Crippen molar-refractivity contribution in [3.63, 3.8) is 0 Å². The number of nitrogens with one attached hydrogen (secondary N) is 1. The fourth-order valence-corrected chi connectivity index (χ4v) is 7.66. The summed E-state index contributed by atoms with van der Waals surface area (Å²) in [6.07, 6.45) is 6.99. The van der Waals surface area contributed by atoms with E-state index in [0.29, 0.717) is 4.75 Å². The first-order valence-corrected chi connectivity index (χ1v) is 22.6. The number of rotatable bonds is 16. The van der Waals surface area contributed by atoms with E-state index in [1.54, 1.807) is 7.05 Å². The number of nitrogens with zero attached hydrogens (tertiary/aromatic N) is 2. The molecule has 0 aromatic carbocycles. The molecule has 0 bridgehead atoms. The lowest BCUT2D eigenvalue weighted by Crippen LogP contribution is -2.13. The number of aliphatic carboxylic acids is 1. The van der Waals surface area contributed by atoms with Crippen LogP contribution in [0.2, 0.25) is 0 Å². The van der Waals surface area contributed by atoms with Crippen LogP contribution in [-0.4, -0.2) is 69.5 Å². The Kier molecular flexibility index (Phi) is 61.0. The molecule has 1 atom stereocenters. The number of allylic oxidation sites excluding steroid dienone is 1. The van der Waals surface area contributed by atoms with Gasteiger partial charge in [-0.15, -0.1) is 0 Å². The van der Waals surface area contributed by atoms with Crippen molar-refractivity contribution >= 4 is 89.1 Å². The van der Waals surface area contributed by atoms with Gasteiger partial charge in [-0.25, -0.2) is 10.2 Å². The second-order valence-electron chi connectivity index (χ2n) is 9.68. The Labute approximate surface area is 298 Å². The first-order valence-electron chi connectivity index (χ1n) is 15.4. The molecule has 44 heavy (non-hydrogen) atoms. The standard InChI is InChI=1S/C7H12O2.C7H16S2.C6H14S2.C5H10N2O.C5H12S2.C2H5N/c1-3-4-6(2)5-7(8)9;1-5-7(3,4)9-8-6-2;1-4-6(3)8-7-5-2;1-4(2)6-7-5(3)8;1-3-5-7-6-4-2;1-3-2/h5H,3-4H2,1-2H3,(H,8,9);5-6H2,1-4H3;6H,4-5H2,1-3H3;1-3H3,(H,7,8);3-5H2,1-2H3;1H2,2H3. The molecule has 2 N–H and O–H groups in total. The Morgan fingerprint density at radius 1 is 0.886 bits per heavy atom. The Morgan fingerprint density at radius 2 is 1.39 bits per heavy atom. The summed E-state index contributed by atoms with van der Waals surface area (Å²) in [5.74, 6) is 4.01. The highest BCUT2D eigenvalue weighted by Crippen LogP contribution is 2.37. The molecule has 0 rings (SSSR count). The van der Waals surface area contributed by atoms with Gasteiger partial charge in [-0.3, -0.25) is 4.79 Å². The molecule has 0 fully saturated rings. The second-order valence-corrected chi connectivity index (χ2v) is 18.9. The van der Waals surface area contributed by atoms with Crippen molar-refractivity contribution in [1.82, 2.24) is 5.43 Å². The number of carboxylic acids is 1. The first-order chi connectivity index (χ1) is 20.5. The highest BCUT2D eigenvalue weighted by Gasteiger charge is 2.14. The van der Waals surface area contributed by atoms with Gasteiger partial charge >= 0.3 is 5.97 Å². The van der Waals surface area contributed by atoms with Crippen LogP contribution in [0.5, 0.6) is 0 Å². The van der Waals surface area contributed by atoms with Crippen LogP contribution in [0.15, 0.2) is 21.7 Å². The zero-order valence-corrected chi connectivity index (χ0v) is 35.7. The van der Waals surface area contributed by atoms with Gasteiger partial charge < -0.3 is 10.1 Å². The van der Waals surface area contributed by atoms with Gasteiger partial charge in [0, 0.05) is 58.8 Å². The van der Waals surface area contributed by atoms with E-state index in [0.717, 1.165) is 29.4 Å². The third-order valence-electron chi connectivity index (χ3n) is 4.12. The minimum absolute atomic E-state index is 0.133.